The topological polar surface area (TPSA) is 89.8 Å². The predicted molar refractivity (Wildman–Crippen MR) is 91.3 cm³/mol. The molecule has 26 heavy (non-hydrogen) atoms. The average Bonchev–Trinajstić information content (AvgIpc) is 2.64. The van der Waals surface area contributed by atoms with E-state index in [0.717, 1.165) is 19.2 Å². The average molecular weight is 360 g/mol. The maximum atomic E-state index is 13.3. The van der Waals surface area contributed by atoms with Crippen LogP contribution in [0.25, 0.3) is 0 Å². The minimum absolute atomic E-state index is 0.0159. The van der Waals surface area contributed by atoms with Gasteiger partial charge in [-0.05, 0) is 30.7 Å². The molecule has 0 aliphatic rings. The number of carbonyl (C=O) groups excluding carboxylic acids is 2. The fourth-order valence-corrected chi connectivity index (χ4v) is 2.44. The number of benzene rings is 2. The summed E-state index contributed by atoms with van der Waals surface area (Å²) in [4.78, 5) is 36.3. The third kappa shape index (κ3) is 4.41. The number of nitrogens with zero attached hydrogens (tertiary/aromatic N) is 2. The molecule has 7 nitrogen and oxygen atoms in total. The zero-order valence-electron chi connectivity index (χ0n) is 14.3. The minimum Gasteiger partial charge on any atom is -0.465 e. The van der Waals surface area contributed by atoms with E-state index in [9.17, 15) is 24.1 Å². The van der Waals surface area contributed by atoms with Crippen LogP contribution in [0.15, 0.2) is 42.5 Å². The number of halogens is 1. The van der Waals surface area contributed by atoms with Gasteiger partial charge in [0, 0.05) is 30.8 Å². The van der Waals surface area contributed by atoms with Gasteiger partial charge < -0.3 is 9.64 Å². The smallest absolute Gasteiger partial charge is 0.338 e. The first-order chi connectivity index (χ1) is 12.3. The molecule has 2 aromatic carbocycles. The van der Waals surface area contributed by atoms with Crippen LogP contribution >= 0.6 is 0 Å². The van der Waals surface area contributed by atoms with Crippen molar-refractivity contribution in [1.29, 1.82) is 0 Å². The highest BCUT2D eigenvalue weighted by Crippen LogP contribution is 2.20. The molecule has 0 atom stereocenters. The highest BCUT2D eigenvalue weighted by molar-refractivity contribution is 5.99. The molecule has 0 saturated heterocycles. The van der Waals surface area contributed by atoms with Crippen molar-refractivity contribution < 1.29 is 23.6 Å². The van der Waals surface area contributed by atoms with Gasteiger partial charge in [0.15, 0.2) is 0 Å². The summed E-state index contributed by atoms with van der Waals surface area (Å²) in [7, 11) is 1.14. The summed E-state index contributed by atoms with van der Waals surface area (Å²) in [5.41, 5.74) is 0.0848. The van der Waals surface area contributed by atoms with Crippen molar-refractivity contribution in [3.8, 4) is 0 Å². The van der Waals surface area contributed by atoms with Crippen LogP contribution in [0.4, 0.5) is 10.1 Å². The van der Waals surface area contributed by atoms with Crippen LogP contribution in [0.2, 0.25) is 0 Å². The number of methoxy groups -OCH3 is 1. The van der Waals surface area contributed by atoms with E-state index < -0.39 is 28.3 Å². The van der Waals surface area contributed by atoms with Gasteiger partial charge in [-0.1, -0.05) is 12.1 Å². The van der Waals surface area contributed by atoms with Gasteiger partial charge in [0.05, 0.1) is 17.6 Å². The zero-order valence-corrected chi connectivity index (χ0v) is 14.3. The molecule has 0 N–H and O–H groups in total. The molecular weight excluding hydrogens is 343 g/mol. The third-order valence-corrected chi connectivity index (χ3v) is 3.73. The Kier molecular flexibility index (Phi) is 6.00. The molecule has 1 amide bonds. The summed E-state index contributed by atoms with van der Waals surface area (Å²) in [6.45, 7) is 2.16. The van der Waals surface area contributed by atoms with Crippen LogP contribution in [0.5, 0.6) is 0 Å². The minimum atomic E-state index is -0.782. The molecule has 0 fully saturated rings. The molecule has 136 valence electrons. The van der Waals surface area contributed by atoms with Gasteiger partial charge in [-0.2, -0.15) is 0 Å². The SMILES string of the molecule is CCN(Cc1cccc(F)c1)C(=O)c1cc(C(=O)OC)cc([N+](=O)[O-])c1. The first kappa shape index (κ1) is 19.0. The van der Waals surface area contributed by atoms with Gasteiger partial charge in [0.2, 0.25) is 0 Å². The van der Waals surface area contributed by atoms with Gasteiger partial charge in [0.25, 0.3) is 11.6 Å². The number of nitro benzene ring substituents is 1. The van der Waals surface area contributed by atoms with Gasteiger partial charge >= 0.3 is 5.97 Å². The highest BCUT2D eigenvalue weighted by atomic mass is 19.1. The lowest BCUT2D eigenvalue weighted by molar-refractivity contribution is -0.384. The van der Waals surface area contributed by atoms with Crippen molar-refractivity contribution in [2.75, 3.05) is 13.7 Å². The van der Waals surface area contributed by atoms with E-state index in [0.29, 0.717) is 12.1 Å². The Morgan fingerprint density at radius 3 is 2.46 bits per heavy atom. The number of esters is 1. The quantitative estimate of drug-likeness (QED) is 0.448. The van der Waals surface area contributed by atoms with Gasteiger partial charge in [-0.25, -0.2) is 9.18 Å². The molecule has 0 aromatic heterocycles. The van der Waals surface area contributed by atoms with Crippen LogP contribution in [0.1, 0.15) is 33.2 Å². The molecule has 2 rings (SSSR count). The Labute approximate surface area is 149 Å². The standard InChI is InChI=1S/C18H17FN2O5/c1-3-20(11-12-5-4-6-15(19)7-12)17(22)13-8-14(18(23)26-2)10-16(9-13)21(24)25/h4-10H,3,11H2,1-2H3. The van der Waals surface area contributed by atoms with Gasteiger partial charge in [0.1, 0.15) is 5.82 Å². The fraction of sp³-hybridized carbons (Fsp3) is 0.222. The molecule has 0 bridgehead atoms. The maximum Gasteiger partial charge on any atom is 0.338 e. The van der Waals surface area contributed by atoms with E-state index in [-0.39, 0.29) is 17.7 Å². The number of rotatable bonds is 6. The second-order valence-corrected chi connectivity index (χ2v) is 5.47. The van der Waals surface area contributed by atoms with E-state index in [1.807, 2.05) is 0 Å². The number of amides is 1. The van der Waals surface area contributed by atoms with Gasteiger partial charge in [-0.3, -0.25) is 14.9 Å². The number of non-ortho nitro benzene ring substituents is 1. The lowest BCUT2D eigenvalue weighted by Crippen LogP contribution is -2.30. The Balaban J connectivity index is 2.37. The summed E-state index contributed by atoms with van der Waals surface area (Å²) in [6.07, 6.45) is 0. The van der Waals surface area contributed by atoms with Crippen molar-refractivity contribution in [2.45, 2.75) is 13.5 Å². The Hall–Kier alpha value is -3.29. The first-order valence-electron chi connectivity index (χ1n) is 7.77. The van der Waals surface area contributed by atoms with E-state index >= 15 is 0 Å². The normalized spacial score (nSPS) is 10.3. The second-order valence-electron chi connectivity index (χ2n) is 5.47. The van der Waals surface area contributed by atoms with E-state index in [1.165, 1.54) is 29.2 Å². The molecule has 0 aliphatic carbocycles. The van der Waals surface area contributed by atoms with E-state index in [1.54, 1.807) is 13.0 Å². The predicted octanol–water partition coefficient (Wildman–Crippen LogP) is 3.18. The number of nitro groups is 1. The van der Waals surface area contributed by atoms with Crippen molar-refractivity contribution in [3.63, 3.8) is 0 Å². The first-order valence-corrected chi connectivity index (χ1v) is 7.77. The highest BCUT2D eigenvalue weighted by Gasteiger charge is 2.21. The Morgan fingerprint density at radius 2 is 1.88 bits per heavy atom. The summed E-state index contributed by atoms with van der Waals surface area (Å²) < 4.78 is 17.9. The monoisotopic (exact) mass is 360 g/mol. The molecule has 0 spiro atoms. The lowest BCUT2D eigenvalue weighted by Gasteiger charge is -2.21. The number of hydrogen-bond donors (Lipinski definition) is 0. The molecule has 0 heterocycles. The summed E-state index contributed by atoms with van der Waals surface area (Å²) >= 11 is 0. The number of ether oxygens (including phenoxy) is 1. The van der Waals surface area contributed by atoms with Crippen molar-refractivity contribution >= 4 is 17.6 Å². The molecule has 0 radical (unpaired) electrons. The van der Waals surface area contributed by atoms with Crippen LogP contribution in [-0.4, -0.2) is 35.4 Å². The van der Waals surface area contributed by atoms with Crippen LogP contribution in [0.3, 0.4) is 0 Å². The van der Waals surface area contributed by atoms with Crippen LogP contribution < -0.4 is 0 Å². The van der Waals surface area contributed by atoms with Crippen molar-refractivity contribution in [2.24, 2.45) is 0 Å². The Bertz CT molecular complexity index is 853. The van der Waals surface area contributed by atoms with Crippen molar-refractivity contribution in [1.82, 2.24) is 4.90 Å². The van der Waals surface area contributed by atoms with Crippen LogP contribution in [-0.2, 0) is 11.3 Å². The summed E-state index contributed by atoms with van der Waals surface area (Å²) in [6, 6.07) is 9.20. The largest absolute Gasteiger partial charge is 0.465 e. The van der Waals surface area contributed by atoms with Crippen molar-refractivity contribution in [3.05, 3.63) is 75.1 Å². The summed E-state index contributed by atoms with van der Waals surface area (Å²) in [5, 5.41) is 11.1. The zero-order chi connectivity index (χ0) is 19.3. The molecule has 0 saturated carbocycles. The van der Waals surface area contributed by atoms with Crippen LogP contribution in [0, 0.1) is 15.9 Å². The second kappa shape index (κ2) is 8.19. The fourth-order valence-electron chi connectivity index (χ4n) is 2.44. The molecular formula is C18H17FN2O5. The third-order valence-electron chi connectivity index (χ3n) is 3.73. The van der Waals surface area contributed by atoms with E-state index in [2.05, 4.69) is 4.74 Å². The molecule has 0 unspecified atom stereocenters. The lowest BCUT2D eigenvalue weighted by atomic mass is 10.1. The van der Waals surface area contributed by atoms with E-state index in [4.69, 9.17) is 0 Å². The molecule has 2 aromatic rings. The maximum absolute atomic E-state index is 13.3. The molecule has 0 aliphatic heterocycles. The Morgan fingerprint density at radius 1 is 1.19 bits per heavy atom. The molecule has 8 heteroatoms. The summed E-state index contributed by atoms with van der Waals surface area (Å²) in [5.74, 6) is -1.71. The number of hydrogen-bond acceptors (Lipinski definition) is 5. The number of carbonyl (C=O) groups is 2. The van der Waals surface area contributed by atoms with Gasteiger partial charge in [-0.15, -0.1) is 0 Å².